The van der Waals surface area contributed by atoms with E-state index in [4.69, 9.17) is 4.74 Å². The van der Waals surface area contributed by atoms with Crippen molar-refractivity contribution in [1.82, 2.24) is 24.8 Å². The summed E-state index contributed by atoms with van der Waals surface area (Å²) in [6.07, 6.45) is -4.76. The number of nitrogens with zero attached hydrogens (tertiary/aromatic N) is 6. The number of nitro groups is 1. The zero-order valence-electron chi connectivity index (χ0n) is 11.9. The summed E-state index contributed by atoms with van der Waals surface area (Å²) in [4.78, 5) is 13.9. The molecule has 3 aromatic heterocycles. The zero-order chi connectivity index (χ0) is 17.5. The van der Waals surface area contributed by atoms with E-state index in [1.54, 1.807) is 6.92 Å². The fourth-order valence-corrected chi connectivity index (χ4v) is 1.86. The first-order valence-electron chi connectivity index (χ1n) is 6.35. The lowest BCUT2D eigenvalue weighted by atomic mass is 10.3. The van der Waals surface area contributed by atoms with Crippen molar-refractivity contribution in [2.24, 2.45) is 0 Å². The predicted octanol–water partition coefficient (Wildman–Crippen LogP) is 2.55. The molecule has 0 aliphatic carbocycles. The average Bonchev–Trinajstić information content (AvgIpc) is 2.92. The fraction of sp³-hybridized carbons (Fsp3) is 0.167. The second kappa shape index (κ2) is 5.40. The number of pyridine rings is 1. The Hall–Kier alpha value is -3.31. The third-order valence-corrected chi connectivity index (χ3v) is 2.86. The number of fused-ring (bicyclic) bond motifs is 1. The minimum Gasteiger partial charge on any atom is -0.429 e. The minimum absolute atomic E-state index is 0.147. The second-order valence-corrected chi connectivity index (χ2v) is 4.60. The zero-order valence-corrected chi connectivity index (χ0v) is 11.9. The first-order valence-corrected chi connectivity index (χ1v) is 6.35. The van der Waals surface area contributed by atoms with Crippen molar-refractivity contribution in [3.8, 4) is 11.6 Å². The molecule has 0 bridgehead atoms. The van der Waals surface area contributed by atoms with Gasteiger partial charge in [0.25, 0.3) is 5.82 Å². The van der Waals surface area contributed by atoms with Crippen LogP contribution in [-0.2, 0) is 6.18 Å². The first kappa shape index (κ1) is 15.6. The molecule has 0 aliphatic heterocycles. The Labute approximate surface area is 130 Å². The summed E-state index contributed by atoms with van der Waals surface area (Å²) in [5, 5.41) is 21.0. The Morgan fingerprint density at radius 3 is 2.62 bits per heavy atom. The third-order valence-electron chi connectivity index (χ3n) is 2.86. The molecule has 0 amide bonds. The second-order valence-electron chi connectivity index (χ2n) is 4.60. The van der Waals surface area contributed by atoms with Gasteiger partial charge in [-0.15, -0.1) is 15.3 Å². The van der Waals surface area contributed by atoms with Crippen LogP contribution in [0.3, 0.4) is 0 Å². The summed E-state index contributed by atoms with van der Waals surface area (Å²) in [6, 6.07) is 5.15. The molecule has 3 heterocycles. The average molecular weight is 340 g/mol. The van der Waals surface area contributed by atoms with Gasteiger partial charge in [0.2, 0.25) is 11.6 Å². The number of aryl methyl sites for hydroxylation is 1. The van der Waals surface area contributed by atoms with Gasteiger partial charge in [-0.25, -0.2) is 0 Å². The van der Waals surface area contributed by atoms with Gasteiger partial charge in [0, 0.05) is 13.0 Å². The van der Waals surface area contributed by atoms with E-state index in [2.05, 4.69) is 20.3 Å². The number of ether oxygens (including phenoxy) is 1. The summed E-state index contributed by atoms with van der Waals surface area (Å²) in [5.41, 5.74) is 0.238. The summed E-state index contributed by atoms with van der Waals surface area (Å²) in [5.74, 6) is -2.46. The summed E-state index contributed by atoms with van der Waals surface area (Å²) >= 11 is 0. The number of hydrogen-bond donors (Lipinski definition) is 0. The van der Waals surface area contributed by atoms with Crippen LogP contribution in [0.15, 0.2) is 24.3 Å². The minimum atomic E-state index is -4.76. The van der Waals surface area contributed by atoms with Crippen molar-refractivity contribution >= 4 is 11.5 Å². The molecule has 0 unspecified atom stereocenters. The molecule has 0 atom stereocenters. The van der Waals surface area contributed by atoms with E-state index in [9.17, 15) is 23.3 Å². The van der Waals surface area contributed by atoms with Gasteiger partial charge in [-0.05, 0) is 28.1 Å². The maximum Gasteiger partial charge on any atom is 0.453 e. The van der Waals surface area contributed by atoms with E-state index in [0.29, 0.717) is 10.2 Å². The topological polar surface area (TPSA) is 108 Å². The van der Waals surface area contributed by atoms with Crippen LogP contribution >= 0.6 is 0 Å². The Morgan fingerprint density at radius 2 is 1.96 bits per heavy atom. The normalized spacial score (nSPS) is 11.7. The lowest BCUT2D eigenvalue weighted by Gasteiger charge is -2.07. The van der Waals surface area contributed by atoms with E-state index in [-0.39, 0.29) is 17.3 Å². The molecule has 0 radical (unpaired) electrons. The van der Waals surface area contributed by atoms with Crippen molar-refractivity contribution in [3.05, 3.63) is 45.9 Å². The van der Waals surface area contributed by atoms with Crippen molar-refractivity contribution < 1.29 is 22.8 Å². The molecule has 12 heteroatoms. The SMILES string of the molecule is Cc1ccc(Oc2ccc3nnc(C(F)(F)F)n3n2)c([N+](=O)[O-])n1. The van der Waals surface area contributed by atoms with Gasteiger partial charge in [0.05, 0.1) is 0 Å². The molecule has 0 aromatic carbocycles. The molecule has 3 rings (SSSR count). The highest BCUT2D eigenvalue weighted by Crippen LogP contribution is 2.30. The van der Waals surface area contributed by atoms with Gasteiger partial charge in [-0.1, -0.05) is 0 Å². The molecule has 0 N–H and O–H groups in total. The standard InChI is InChI=1S/C12H7F3N6O3/c1-6-2-3-7(10(16-6)21(22)23)24-9-5-4-8-17-18-11(12(13,14)15)20(8)19-9/h2-5H,1H3. The van der Waals surface area contributed by atoms with Gasteiger partial charge in [0.15, 0.2) is 5.65 Å². The van der Waals surface area contributed by atoms with Crippen LogP contribution in [0.1, 0.15) is 11.5 Å². The molecule has 24 heavy (non-hydrogen) atoms. The molecule has 3 aromatic rings. The van der Waals surface area contributed by atoms with Crippen molar-refractivity contribution in [1.29, 1.82) is 0 Å². The highest BCUT2D eigenvalue weighted by atomic mass is 19.4. The molecule has 0 saturated heterocycles. The number of rotatable bonds is 3. The molecule has 0 aliphatic rings. The molecular weight excluding hydrogens is 333 g/mol. The van der Waals surface area contributed by atoms with E-state index in [0.717, 1.165) is 0 Å². The number of aromatic nitrogens is 5. The largest absolute Gasteiger partial charge is 0.453 e. The Balaban J connectivity index is 2.04. The van der Waals surface area contributed by atoms with Gasteiger partial charge in [0.1, 0.15) is 5.69 Å². The molecule has 124 valence electrons. The maximum atomic E-state index is 12.8. The predicted molar refractivity (Wildman–Crippen MR) is 71.5 cm³/mol. The monoisotopic (exact) mass is 340 g/mol. The van der Waals surface area contributed by atoms with Crippen LogP contribution < -0.4 is 4.74 Å². The van der Waals surface area contributed by atoms with Crippen LogP contribution in [0.4, 0.5) is 19.0 Å². The highest BCUT2D eigenvalue weighted by Gasteiger charge is 2.37. The Morgan fingerprint density at radius 1 is 1.21 bits per heavy atom. The Bertz CT molecular complexity index is 939. The highest BCUT2D eigenvalue weighted by molar-refractivity contribution is 5.44. The summed E-state index contributed by atoms with van der Waals surface area (Å²) in [7, 11) is 0. The Kier molecular flexibility index (Phi) is 3.51. The molecular formula is C12H7F3N6O3. The third kappa shape index (κ3) is 2.80. The van der Waals surface area contributed by atoms with E-state index in [1.807, 2.05) is 0 Å². The van der Waals surface area contributed by atoms with Gasteiger partial charge in [-0.3, -0.25) is 0 Å². The van der Waals surface area contributed by atoms with E-state index >= 15 is 0 Å². The first-order chi connectivity index (χ1) is 11.3. The molecule has 0 fully saturated rings. The van der Waals surface area contributed by atoms with Crippen molar-refractivity contribution in [2.45, 2.75) is 13.1 Å². The summed E-state index contributed by atoms with van der Waals surface area (Å²) < 4.78 is 44.1. The van der Waals surface area contributed by atoms with Crippen LogP contribution in [0.2, 0.25) is 0 Å². The number of hydrogen-bond acceptors (Lipinski definition) is 7. The maximum absolute atomic E-state index is 12.8. The lowest BCUT2D eigenvalue weighted by Crippen LogP contribution is -2.12. The van der Waals surface area contributed by atoms with Gasteiger partial charge in [-0.2, -0.15) is 17.7 Å². The van der Waals surface area contributed by atoms with E-state index in [1.165, 1.54) is 24.3 Å². The van der Waals surface area contributed by atoms with Gasteiger partial charge >= 0.3 is 12.0 Å². The number of halogens is 3. The molecule has 9 nitrogen and oxygen atoms in total. The van der Waals surface area contributed by atoms with E-state index < -0.39 is 22.7 Å². The van der Waals surface area contributed by atoms with Crippen LogP contribution in [0.5, 0.6) is 11.6 Å². The lowest BCUT2D eigenvalue weighted by molar-refractivity contribution is -0.390. The van der Waals surface area contributed by atoms with Crippen LogP contribution in [-0.4, -0.2) is 29.7 Å². The number of alkyl halides is 3. The fourth-order valence-electron chi connectivity index (χ4n) is 1.86. The smallest absolute Gasteiger partial charge is 0.429 e. The van der Waals surface area contributed by atoms with Crippen molar-refractivity contribution in [3.63, 3.8) is 0 Å². The van der Waals surface area contributed by atoms with Crippen LogP contribution in [0, 0.1) is 17.0 Å². The summed E-state index contributed by atoms with van der Waals surface area (Å²) in [6.45, 7) is 1.55. The van der Waals surface area contributed by atoms with Gasteiger partial charge < -0.3 is 14.9 Å². The molecule has 0 spiro atoms. The van der Waals surface area contributed by atoms with Crippen LogP contribution in [0.25, 0.3) is 5.65 Å². The molecule has 0 saturated carbocycles. The van der Waals surface area contributed by atoms with Crippen molar-refractivity contribution in [2.75, 3.05) is 0 Å². The quantitative estimate of drug-likeness (QED) is 0.532.